The summed E-state index contributed by atoms with van der Waals surface area (Å²) >= 11 is 0. The van der Waals surface area contributed by atoms with Gasteiger partial charge < -0.3 is 10.1 Å². The largest absolute Gasteiger partial charge is 0.454 e. The Morgan fingerprint density at radius 3 is 2.31 bits per heavy atom. The van der Waals surface area contributed by atoms with Gasteiger partial charge in [0.05, 0.1) is 5.56 Å². The maximum absolute atomic E-state index is 12.1. The highest BCUT2D eigenvalue weighted by molar-refractivity contribution is 6.00. The van der Waals surface area contributed by atoms with Crippen LogP contribution in [0.3, 0.4) is 0 Å². The summed E-state index contributed by atoms with van der Waals surface area (Å²) in [5.41, 5.74) is 1.39. The number of carbonyl (C=O) groups is 3. The fraction of sp³-hybridized carbons (Fsp3) is 0.300. The Balaban J connectivity index is 1.82. The van der Waals surface area contributed by atoms with Crippen molar-refractivity contribution < 1.29 is 19.1 Å². The van der Waals surface area contributed by atoms with E-state index in [4.69, 9.17) is 4.74 Å². The van der Waals surface area contributed by atoms with Gasteiger partial charge in [-0.3, -0.25) is 14.6 Å². The van der Waals surface area contributed by atoms with Gasteiger partial charge in [-0.1, -0.05) is 19.8 Å². The molecule has 26 heavy (non-hydrogen) atoms. The average molecular weight is 354 g/mol. The van der Waals surface area contributed by atoms with Gasteiger partial charge in [-0.05, 0) is 42.8 Å². The first-order valence-electron chi connectivity index (χ1n) is 8.60. The minimum atomic E-state index is -0.572. The van der Waals surface area contributed by atoms with Crippen LogP contribution in [-0.2, 0) is 9.53 Å². The van der Waals surface area contributed by atoms with Crippen molar-refractivity contribution in [2.45, 2.75) is 32.6 Å². The molecular weight excluding hydrogens is 332 g/mol. The van der Waals surface area contributed by atoms with E-state index in [9.17, 15) is 14.4 Å². The SMILES string of the molecule is CCCCCC(=O)Nc1ccc(C(=O)COC(=O)c2ccncc2)cc1. The Morgan fingerprint density at radius 2 is 1.65 bits per heavy atom. The highest BCUT2D eigenvalue weighted by Crippen LogP contribution is 2.12. The van der Waals surface area contributed by atoms with Gasteiger partial charge in [0.2, 0.25) is 5.91 Å². The number of Topliss-reactive ketones (excluding diaryl/α,β-unsaturated/α-hetero) is 1. The van der Waals surface area contributed by atoms with E-state index in [0.717, 1.165) is 19.3 Å². The van der Waals surface area contributed by atoms with Crippen LogP contribution in [-0.4, -0.2) is 29.3 Å². The average Bonchev–Trinajstić information content (AvgIpc) is 2.67. The number of unbranched alkanes of at least 4 members (excludes halogenated alkanes) is 2. The van der Waals surface area contributed by atoms with Crippen molar-refractivity contribution in [3.8, 4) is 0 Å². The fourth-order valence-corrected chi connectivity index (χ4v) is 2.28. The number of hydrogen-bond acceptors (Lipinski definition) is 5. The third-order valence-corrected chi connectivity index (χ3v) is 3.75. The third kappa shape index (κ3) is 6.12. The molecule has 0 aliphatic rings. The normalized spacial score (nSPS) is 10.2. The number of benzene rings is 1. The Morgan fingerprint density at radius 1 is 0.962 bits per heavy atom. The molecule has 1 heterocycles. The molecule has 0 aliphatic carbocycles. The number of pyridine rings is 1. The van der Waals surface area contributed by atoms with Gasteiger partial charge in [-0.2, -0.15) is 0 Å². The first-order chi connectivity index (χ1) is 12.6. The van der Waals surface area contributed by atoms with E-state index in [-0.39, 0.29) is 18.3 Å². The molecule has 136 valence electrons. The zero-order valence-corrected chi connectivity index (χ0v) is 14.7. The van der Waals surface area contributed by atoms with Crippen molar-refractivity contribution in [1.29, 1.82) is 0 Å². The molecule has 0 bridgehead atoms. The summed E-state index contributed by atoms with van der Waals surface area (Å²) in [6.07, 6.45) is 6.40. The molecule has 0 aliphatic heterocycles. The summed E-state index contributed by atoms with van der Waals surface area (Å²) in [7, 11) is 0. The molecule has 1 N–H and O–H groups in total. The number of ether oxygens (including phenoxy) is 1. The minimum absolute atomic E-state index is 0.0381. The quantitative estimate of drug-likeness (QED) is 0.422. The lowest BCUT2D eigenvalue weighted by Gasteiger charge is -2.07. The summed E-state index contributed by atoms with van der Waals surface area (Å²) in [6.45, 7) is 1.74. The minimum Gasteiger partial charge on any atom is -0.454 e. The monoisotopic (exact) mass is 354 g/mol. The number of nitrogens with zero attached hydrogens (tertiary/aromatic N) is 1. The van der Waals surface area contributed by atoms with Crippen LogP contribution in [0.4, 0.5) is 5.69 Å². The number of nitrogens with one attached hydrogen (secondary N) is 1. The molecule has 0 fully saturated rings. The molecule has 6 nitrogen and oxygen atoms in total. The van der Waals surface area contributed by atoms with Crippen LogP contribution in [0.1, 0.15) is 53.3 Å². The van der Waals surface area contributed by atoms with Crippen LogP contribution in [0, 0.1) is 0 Å². The van der Waals surface area contributed by atoms with Gasteiger partial charge in [0.15, 0.2) is 12.4 Å². The Bertz CT molecular complexity index is 742. The van der Waals surface area contributed by atoms with E-state index >= 15 is 0 Å². The van der Waals surface area contributed by atoms with Crippen LogP contribution in [0.25, 0.3) is 0 Å². The number of aromatic nitrogens is 1. The number of ketones is 1. The molecule has 0 saturated carbocycles. The summed E-state index contributed by atoms with van der Waals surface area (Å²) in [6, 6.07) is 9.56. The van der Waals surface area contributed by atoms with Crippen molar-refractivity contribution in [2.75, 3.05) is 11.9 Å². The number of esters is 1. The third-order valence-electron chi connectivity index (χ3n) is 3.75. The Hall–Kier alpha value is -3.02. The Kier molecular flexibility index (Phi) is 7.49. The molecule has 0 saturated heterocycles. The van der Waals surface area contributed by atoms with Crippen molar-refractivity contribution in [3.63, 3.8) is 0 Å². The Labute approximate surface area is 152 Å². The van der Waals surface area contributed by atoms with E-state index in [0.29, 0.717) is 23.2 Å². The van der Waals surface area contributed by atoms with E-state index in [1.54, 1.807) is 24.3 Å². The second-order valence-corrected chi connectivity index (χ2v) is 5.82. The molecule has 0 atom stereocenters. The predicted octanol–water partition coefficient (Wildman–Crippen LogP) is 3.64. The van der Waals surface area contributed by atoms with Crippen LogP contribution in [0.2, 0.25) is 0 Å². The first-order valence-corrected chi connectivity index (χ1v) is 8.60. The predicted molar refractivity (Wildman–Crippen MR) is 98.1 cm³/mol. The highest BCUT2D eigenvalue weighted by Gasteiger charge is 2.12. The zero-order valence-electron chi connectivity index (χ0n) is 14.7. The molecule has 1 aromatic carbocycles. The standard InChI is InChI=1S/C20H22N2O4/c1-2-3-4-5-19(24)22-17-8-6-15(7-9-17)18(23)14-26-20(25)16-10-12-21-13-11-16/h6-13H,2-5,14H2,1H3,(H,22,24). The maximum Gasteiger partial charge on any atom is 0.338 e. The van der Waals surface area contributed by atoms with Gasteiger partial charge in [0, 0.05) is 30.1 Å². The number of carbonyl (C=O) groups excluding carboxylic acids is 3. The van der Waals surface area contributed by atoms with Gasteiger partial charge in [0.25, 0.3) is 0 Å². The topological polar surface area (TPSA) is 85.4 Å². The zero-order chi connectivity index (χ0) is 18.8. The van der Waals surface area contributed by atoms with E-state index in [1.165, 1.54) is 24.5 Å². The lowest BCUT2D eigenvalue weighted by atomic mass is 10.1. The van der Waals surface area contributed by atoms with Crippen molar-refractivity contribution in [1.82, 2.24) is 4.98 Å². The maximum atomic E-state index is 12.1. The fourth-order valence-electron chi connectivity index (χ4n) is 2.28. The molecule has 6 heteroatoms. The van der Waals surface area contributed by atoms with Gasteiger partial charge >= 0.3 is 5.97 Å². The van der Waals surface area contributed by atoms with Crippen LogP contribution >= 0.6 is 0 Å². The summed E-state index contributed by atoms with van der Waals surface area (Å²) in [4.78, 5) is 39.5. The number of amides is 1. The number of hydrogen-bond donors (Lipinski definition) is 1. The first kappa shape index (κ1) is 19.3. The molecule has 0 spiro atoms. The summed E-state index contributed by atoms with van der Waals surface area (Å²) in [5.74, 6) is -0.922. The van der Waals surface area contributed by atoms with Crippen LogP contribution < -0.4 is 5.32 Å². The van der Waals surface area contributed by atoms with Crippen molar-refractivity contribution >= 4 is 23.3 Å². The smallest absolute Gasteiger partial charge is 0.338 e. The molecule has 0 radical (unpaired) electrons. The van der Waals surface area contributed by atoms with Gasteiger partial charge in [0.1, 0.15) is 0 Å². The van der Waals surface area contributed by atoms with E-state index < -0.39 is 5.97 Å². The van der Waals surface area contributed by atoms with Crippen LogP contribution in [0.5, 0.6) is 0 Å². The molecule has 0 unspecified atom stereocenters. The summed E-state index contributed by atoms with van der Waals surface area (Å²) in [5, 5.41) is 2.80. The molecular formula is C20H22N2O4. The number of rotatable bonds is 9. The summed E-state index contributed by atoms with van der Waals surface area (Å²) < 4.78 is 5.01. The van der Waals surface area contributed by atoms with Crippen molar-refractivity contribution in [3.05, 3.63) is 59.9 Å². The molecule has 1 amide bonds. The lowest BCUT2D eigenvalue weighted by molar-refractivity contribution is -0.116. The lowest BCUT2D eigenvalue weighted by Crippen LogP contribution is -2.15. The van der Waals surface area contributed by atoms with E-state index in [2.05, 4.69) is 17.2 Å². The second-order valence-electron chi connectivity index (χ2n) is 5.82. The van der Waals surface area contributed by atoms with Crippen molar-refractivity contribution in [2.24, 2.45) is 0 Å². The highest BCUT2D eigenvalue weighted by atomic mass is 16.5. The van der Waals surface area contributed by atoms with Gasteiger partial charge in [-0.25, -0.2) is 4.79 Å². The number of anilines is 1. The molecule has 2 aromatic rings. The van der Waals surface area contributed by atoms with Gasteiger partial charge in [-0.15, -0.1) is 0 Å². The second kappa shape index (κ2) is 10.1. The molecule has 2 rings (SSSR count). The van der Waals surface area contributed by atoms with Crippen LogP contribution in [0.15, 0.2) is 48.8 Å². The molecule has 1 aromatic heterocycles. The van der Waals surface area contributed by atoms with E-state index in [1.807, 2.05) is 0 Å².